The highest BCUT2D eigenvalue weighted by atomic mass is 16.1. The summed E-state index contributed by atoms with van der Waals surface area (Å²) in [5, 5.41) is 2.88. The number of amides is 1. The van der Waals surface area contributed by atoms with Crippen LogP contribution in [0.4, 0.5) is 0 Å². The van der Waals surface area contributed by atoms with Gasteiger partial charge in [0.05, 0.1) is 6.42 Å². The predicted molar refractivity (Wildman–Crippen MR) is 70.8 cm³/mol. The first kappa shape index (κ1) is 13.7. The summed E-state index contributed by atoms with van der Waals surface area (Å²) in [5.74, 6) is 0.0471. The fourth-order valence-electron chi connectivity index (χ4n) is 1.76. The summed E-state index contributed by atoms with van der Waals surface area (Å²) in [7, 11) is 0. The van der Waals surface area contributed by atoms with Gasteiger partial charge >= 0.3 is 0 Å². The van der Waals surface area contributed by atoms with Gasteiger partial charge in [-0.1, -0.05) is 37.6 Å². The highest BCUT2D eigenvalue weighted by molar-refractivity contribution is 5.78. The van der Waals surface area contributed by atoms with E-state index in [0.29, 0.717) is 13.0 Å². The standard InChI is InChI=1S/C14H22N2O/c1-3-6-13(15)10-16-14(17)9-12-8-5-4-7-11(12)2/h4-5,7-8,13H,3,6,9-10,15H2,1-2H3,(H,16,17). The molecule has 1 amide bonds. The number of nitrogens with one attached hydrogen (secondary N) is 1. The first-order chi connectivity index (χ1) is 8.13. The number of hydrogen-bond donors (Lipinski definition) is 2. The molecule has 0 heterocycles. The van der Waals surface area contributed by atoms with Crippen LogP contribution in [0.1, 0.15) is 30.9 Å². The first-order valence-corrected chi connectivity index (χ1v) is 6.20. The Balaban J connectivity index is 2.37. The molecule has 3 heteroatoms. The highest BCUT2D eigenvalue weighted by Gasteiger charge is 2.07. The van der Waals surface area contributed by atoms with Crippen molar-refractivity contribution in [1.29, 1.82) is 0 Å². The summed E-state index contributed by atoms with van der Waals surface area (Å²) in [4.78, 5) is 11.7. The minimum absolute atomic E-state index is 0.0471. The van der Waals surface area contributed by atoms with Gasteiger partial charge in [-0.3, -0.25) is 4.79 Å². The van der Waals surface area contributed by atoms with E-state index in [1.807, 2.05) is 31.2 Å². The number of carbonyl (C=O) groups excluding carboxylic acids is 1. The molecule has 0 aliphatic heterocycles. The highest BCUT2D eigenvalue weighted by Crippen LogP contribution is 2.07. The molecule has 0 aromatic heterocycles. The maximum absolute atomic E-state index is 11.7. The second-order valence-electron chi connectivity index (χ2n) is 4.46. The van der Waals surface area contributed by atoms with Crippen LogP contribution < -0.4 is 11.1 Å². The predicted octanol–water partition coefficient (Wildman–Crippen LogP) is 1.78. The normalized spacial score (nSPS) is 12.2. The smallest absolute Gasteiger partial charge is 0.224 e. The van der Waals surface area contributed by atoms with Crippen LogP contribution in [0.25, 0.3) is 0 Å². The molecule has 1 rings (SSSR count). The average Bonchev–Trinajstić information content (AvgIpc) is 2.30. The second kappa shape index (κ2) is 7.07. The number of rotatable bonds is 6. The van der Waals surface area contributed by atoms with Gasteiger partial charge in [0.25, 0.3) is 0 Å². The van der Waals surface area contributed by atoms with Crippen molar-refractivity contribution >= 4 is 5.91 Å². The van der Waals surface area contributed by atoms with Crippen LogP contribution >= 0.6 is 0 Å². The molecular weight excluding hydrogens is 212 g/mol. The maximum Gasteiger partial charge on any atom is 0.224 e. The molecule has 0 aliphatic carbocycles. The van der Waals surface area contributed by atoms with E-state index in [1.165, 1.54) is 0 Å². The molecule has 0 radical (unpaired) electrons. The molecule has 3 N–H and O–H groups in total. The first-order valence-electron chi connectivity index (χ1n) is 6.20. The van der Waals surface area contributed by atoms with Crippen molar-refractivity contribution < 1.29 is 4.79 Å². The van der Waals surface area contributed by atoms with Gasteiger partial charge in [0.15, 0.2) is 0 Å². The molecule has 17 heavy (non-hydrogen) atoms. The third-order valence-corrected chi connectivity index (χ3v) is 2.83. The molecule has 1 aromatic carbocycles. The van der Waals surface area contributed by atoms with Gasteiger partial charge in [0.1, 0.15) is 0 Å². The SMILES string of the molecule is CCCC(N)CNC(=O)Cc1ccccc1C. The quantitative estimate of drug-likeness (QED) is 0.788. The topological polar surface area (TPSA) is 55.1 Å². The van der Waals surface area contributed by atoms with E-state index in [4.69, 9.17) is 5.73 Å². The lowest BCUT2D eigenvalue weighted by Gasteiger charge is -2.12. The molecule has 3 nitrogen and oxygen atoms in total. The Hall–Kier alpha value is -1.35. The zero-order valence-corrected chi connectivity index (χ0v) is 10.7. The van der Waals surface area contributed by atoms with E-state index in [-0.39, 0.29) is 11.9 Å². The van der Waals surface area contributed by atoms with Crippen LogP contribution in [0, 0.1) is 6.92 Å². The van der Waals surface area contributed by atoms with Gasteiger partial charge < -0.3 is 11.1 Å². The van der Waals surface area contributed by atoms with Crippen molar-refractivity contribution in [2.45, 2.75) is 39.2 Å². The van der Waals surface area contributed by atoms with Gasteiger partial charge in [-0.2, -0.15) is 0 Å². The molecule has 0 spiro atoms. The average molecular weight is 234 g/mol. The van der Waals surface area contributed by atoms with E-state index in [0.717, 1.165) is 24.0 Å². The molecule has 1 atom stereocenters. The number of nitrogens with two attached hydrogens (primary N) is 1. The number of hydrogen-bond acceptors (Lipinski definition) is 2. The van der Waals surface area contributed by atoms with E-state index >= 15 is 0 Å². The second-order valence-corrected chi connectivity index (χ2v) is 4.46. The van der Waals surface area contributed by atoms with E-state index in [2.05, 4.69) is 12.2 Å². The Morgan fingerprint density at radius 3 is 2.76 bits per heavy atom. The Kier molecular flexibility index (Phi) is 5.70. The summed E-state index contributed by atoms with van der Waals surface area (Å²) in [6.45, 7) is 4.68. The summed E-state index contributed by atoms with van der Waals surface area (Å²) >= 11 is 0. The van der Waals surface area contributed by atoms with Crippen LogP contribution in [0.5, 0.6) is 0 Å². The molecule has 0 saturated carbocycles. The van der Waals surface area contributed by atoms with Crippen molar-refractivity contribution in [3.05, 3.63) is 35.4 Å². The molecule has 1 unspecified atom stereocenters. The van der Waals surface area contributed by atoms with Crippen LogP contribution in [-0.4, -0.2) is 18.5 Å². The minimum Gasteiger partial charge on any atom is -0.354 e. The summed E-state index contributed by atoms with van der Waals surface area (Å²) < 4.78 is 0. The van der Waals surface area contributed by atoms with Crippen LogP contribution in [0.15, 0.2) is 24.3 Å². The van der Waals surface area contributed by atoms with Gasteiger partial charge in [-0.25, -0.2) is 0 Å². The molecule has 1 aromatic rings. The van der Waals surface area contributed by atoms with Crippen molar-refractivity contribution in [2.24, 2.45) is 5.73 Å². The lowest BCUT2D eigenvalue weighted by atomic mass is 10.1. The summed E-state index contributed by atoms with van der Waals surface area (Å²) in [5.41, 5.74) is 8.07. The lowest BCUT2D eigenvalue weighted by molar-refractivity contribution is -0.120. The van der Waals surface area contributed by atoms with Crippen LogP contribution in [-0.2, 0) is 11.2 Å². The number of aryl methyl sites for hydroxylation is 1. The van der Waals surface area contributed by atoms with Crippen molar-refractivity contribution in [3.8, 4) is 0 Å². The van der Waals surface area contributed by atoms with Gasteiger partial charge in [0, 0.05) is 12.6 Å². The summed E-state index contributed by atoms with van der Waals surface area (Å²) in [6, 6.07) is 8.01. The van der Waals surface area contributed by atoms with Gasteiger partial charge in [0.2, 0.25) is 5.91 Å². The Morgan fingerprint density at radius 1 is 1.41 bits per heavy atom. The zero-order valence-electron chi connectivity index (χ0n) is 10.7. The molecule has 0 saturated heterocycles. The fraction of sp³-hybridized carbons (Fsp3) is 0.500. The largest absolute Gasteiger partial charge is 0.354 e. The van der Waals surface area contributed by atoms with Crippen LogP contribution in [0.3, 0.4) is 0 Å². The molecule has 0 aliphatic rings. The van der Waals surface area contributed by atoms with Crippen LogP contribution in [0.2, 0.25) is 0 Å². The van der Waals surface area contributed by atoms with E-state index < -0.39 is 0 Å². The molecule has 94 valence electrons. The third kappa shape index (κ3) is 5.00. The Bertz CT molecular complexity index is 363. The Morgan fingerprint density at radius 2 is 2.12 bits per heavy atom. The fourth-order valence-corrected chi connectivity index (χ4v) is 1.76. The summed E-state index contributed by atoms with van der Waals surface area (Å²) in [6.07, 6.45) is 2.44. The molecule has 0 fully saturated rings. The zero-order chi connectivity index (χ0) is 12.7. The minimum atomic E-state index is 0.0471. The van der Waals surface area contributed by atoms with Crippen molar-refractivity contribution in [3.63, 3.8) is 0 Å². The van der Waals surface area contributed by atoms with Crippen molar-refractivity contribution in [2.75, 3.05) is 6.54 Å². The van der Waals surface area contributed by atoms with Gasteiger partial charge in [-0.15, -0.1) is 0 Å². The van der Waals surface area contributed by atoms with E-state index in [1.54, 1.807) is 0 Å². The van der Waals surface area contributed by atoms with E-state index in [9.17, 15) is 4.79 Å². The lowest BCUT2D eigenvalue weighted by Crippen LogP contribution is -2.37. The molecular formula is C14H22N2O. The van der Waals surface area contributed by atoms with Gasteiger partial charge in [-0.05, 0) is 24.5 Å². The third-order valence-electron chi connectivity index (χ3n) is 2.83. The number of benzene rings is 1. The maximum atomic E-state index is 11.7. The number of carbonyl (C=O) groups is 1. The monoisotopic (exact) mass is 234 g/mol. The Labute approximate surface area is 103 Å². The molecule has 0 bridgehead atoms. The van der Waals surface area contributed by atoms with Crippen molar-refractivity contribution in [1.82, 2.24) is 5.32 Å².